The molecule has 1 aromatic carbocycles. The van der Waals surface area contributed by atoms with E-state index < -0.39 is 0 Å². The van der Waals surface area contributed by atoms with Crippen molar-refractivity contribution in [3.05, 3.63) is 45.9 Å². The van der Waals surface area contributed by atoms with Crippen LogP contribution in [0.2, 0.25) is 0 Å². The molecule has 132 valence electrons. The van der Waals surface area contributed by atoms with E-state index in [9.17, 15) is 4.79 Å². The van der Waals surface area contributed by atoms with Gasteiger partial charge < -0.3 is 10.1 Å². The summed E-state index contributed by atoms with van der Waals surface area (Å²) in [4.78, 5) is 19.6. The molecule has 1 saturated heterocycles. The van der Waals surface area contributed by atoms with Crippen molar-refractivity contribution in [1.82, 2.24) is 15.2 Å². The van der Waals surface area contributed by atoms with E-state index in [1.807, 2.05) is 31.2 Å². The number of hydrogen-bond acceptors (Lipinski definition) is 5. The fraction of sp³-hybridized carbons (Fsp3) is 0.474. The Hall–Kier alpha value is -1.92. The largest absolute Gasteiger partial charge is 0.491 e. The number of piperidine rings is 1. The molecule has 1 atom stereocenters. The first-order chi connectivity index (χ1) is 12.2. The normalized spacial score (nSPS) is 20.9. The lowest BCUT2D eigenvalue weighted by Gasteiger charge is -2.31. The highest BCUT2D eigenvalue weighted by Gasteiger charge is 2.30. The number of nitrogens with one attached hydrogen (secondary N) is 1. The van der Waals surface area contributed by atoms with Gasteiger partial charge in [0.1, 0.15) is 12.4 Å². The standard InChI is InChI=1S/C19H23N3O2S/c1-13-20-15(12-25-13)10-22-8-6-14(7-9-22)19(23)21-17-11-24-18-5-3-2-4-16(17)18/h2-5,12,14,17H,6-11H2,1H3,(H,21,23). The van der Waals surface area contributed by atoms with Gasteiger partial charge in [-0.05, 0) is 38.9 Å². The van der Waals surface area contributed by atoms with E-state index >= 15 is 0 Å². The number of rotatable bonds is 4. The summed E-state index contributed by atoms with van der Waals surface area (Å²) < 4.78 is 5.66. The van der Waals surface area contributed by atoms with Crippen molar-refractivity contribution in [3.63, 3.8) is 0 Å². The Morgan fingerprint density at radius 3 is 2.92 bits per heavy atom. The summed E-state index contributed by atoms with van der Waals surface area (Å²) in [5.41, 5.74) is 2.23. The molecule has 1 fully saturated rings. The number of fused-ring (bicyclic) bond motifs is 1. The van der Waals surface area contributed by atoms with Gasteiger partial charge in [0.25, 0.3) is 0 Å². The van der Waals surface area contributed by atoms with Crippen molar-refractivity contribution in [2.24, 2.45) is 5.92 Å². The zero-order chi connectivity index (χ0) is 17.2. The summed E-state index contributed by atoms with van der Waals surface area (Å²) in [7, 11) is 0. The van der Waals surface area contributed by atoms with Crippen molar-refractivity contribution in [2.45, 2.75) is 32.4 Å². The molecule has 4 rings (SSSR count). The van der Waals surface area contributed by atoms with Crippen molar-refractivity contribution in [1.29, 1.82) is 0 Å². The maximum Gasteiger partial charge on any atom is 0.223 e. The van der Waals surface area contributed by atoms with E-state index in [0.717, 1.165) is 54.5 Å². The molecular weight excluding hydrogens is 334 g/mol. The number of aromatic nitrogens is 1. The molecule has 0 bridgehead atoms. The number of benzene rings is 1. The number of ether oxygens (including phenoxy) is 1. The Bertz CT molecular complexity index is 753. The highest BCUT2D eigenvalue weighted by Crippen LogP contribution is 2.32. The van der Waals surface area contributed by atoms with Gasteiger partial charge in [-0.1, -0.05) is 18.2 Å². The minimum Gasteiger partial charge on any atom is -0.491 e. The number of thiazole rings is 1. The molecule has 3 heterocycles. The second kappa shape index (κ2) is 7.14. The zero-order valence-corrected chi connectivity index (χ0v) is 15.2. The fourth-order valence-corrected chi connectivity index (χ4v) is 4.24. The van der Waals surface area contributed by atoms with Gasteiger partial charge >= 0.3 is 0 Å². The number of likely N-dealkylation sites (tertiary alicyclic amines) is 1. The van der Waals surface area contributed by atoms with Crippen LogP contribution in [0.3, 0.4) is 0 Å². The lowest BCUT2D eigenvalue weighted by Crippen LogP contribution is -2.41. The van der Waals surface area contributed by atoms with E-state index in [2.05, 4.69) is 20.6 Å². The lowest BCUT2D eigenvalue weighted by atomic mass is 9.95. The van der Waals surface area contributed by atoms with Crippen LogP contribution < -0.4 is 10.1 Å². The summed E-state index contributed by atoms with van der Waals surface area (Å²) in [6.07, 6.45) is 1.81. The maximum absolute atomic E-state index is 12.6. The lowest BCUT2D eigenvalue weighted by molar-refractivity contribution is -0.127. The molecular formula is C19H23N3O2S. The number of nitrogens with zero attached hydrogens (tertiary/aromatic N) is 2. The van der Waals surface area contributed by atoms with E-state index in [1.54, 1.807) is 11.3 Å². The molecule has 1 amide bonds. The molecule has 2 aliphatic heterocycles. The number of amides is 1. The third-order valence-corrected chi connectivity index (χ3v) is 5.85. The minimum absolute atomic E-state index is 0.0142. The molecule has 2 aliphatic rings. The van der Waals surface area contributed by atoms with Gasteiger partial charge in [-0.15, -0.1) is 11.3 Å². The van der Waals surface area contributed by atoms with Gasteiger partial charge in [-0.3, -0.25) is 9.69 Å². The molecule has 0 aliphatic carbocycles. The number of carbonyl (C=O) groups excluding carboxylic acids is 1. The van der Waals surface area contributed by atoms with Crippen LogP contribution >= 0.6 is 11.3 Å². The first-order valence-electron chi connectivity index (χ1n) is 8.84. The van der Waals surface area contributed by atoms with Crippen LogP contribution in [0, 0.1) is 12.8 Å². The Labute approximate surface area is 152 Å². The topological polar surface area (TPSA) is 54.5 Å². The molecule has 1 unspecified atom stereocenters. The Morgan fingerprint density at radius 2 is 2.16 bits per heavy atom. The van der Waals surface area contributed by atoms with E-state index in [4.69, 9.17) is 4.74 Å². The summed E-state index contributed by atoms with van der Waals surface area (Å²) >= 11 is 1.70. The van der Waals surface area contributed by atoms with Crippen molar-refractivity contribution in [2.75, 3.05) is 19.7 Å². The first kappa shape index (κ1) is 16.5. The van der Waals surface area contributed by atoms with Gasteiger partial charge in [0, 0.05) is 23.4 Å². The van der Waals surface area contributed by atoms with Crippen LogP contribution in [0.5, 0.6) is 5.75 Å². The second-order valence-electron chi connectivity index (χ2n) is 6.82. The number of para-hydroxylation sites is 1. The average molecular weight is 357 g/mol. The molecule has 1 N–H and O–H groups in total. The van der Waals surface area contributed by atoms with Gasteiger partial charge in [0.15, 0.2) is 0 Å². The molecule has 0 saturated carbocycles. The third-order valence-electron chi connectivity index (χ3n) is 5.03. The van der Waals surface area contributed by atoms with Crippen LogP contribution in [0.25, 0.3) is 0 Å². The Morgan fingerprint density at radius 1 is 1.36 bits per heavy atom. The van der Waals surface area contributed by atoms with E-state index in [0.29, 0.717) is 6.61 Å². The van der Waals surface area contributed by atoms with Crippen LogP contribution in [-0.2, 0) is 11.3 Å². The molecule has 0 radical (unpaired) electrons. The molecule has 2 aromatic rings. The molecule has 1 aromatic heterocycles. The summed E-state index contributed by atoms with van der Waals surface area (Å²) in [6.45, 7) is 5.37. The van der Waals surface area contributed by atoms with Crippen LogP contribution in [0.1, 0.15) is 35.1 Å². The minimum atomic E-state index is -0.0142. The molecule has 25 heavy (non-hydrogen) atoms. The second-order valence-corrected chi connectivity index (χ2v) is 7.88. The fourth-order valence-electron chi connectivity index (χ4n) is 3.63. The van der Waals surface area contributed by atoms with E-state index in [1.165, 1.54) is 0 Å². The molecule has 5 nitrogen and oxygen atoms in total. The zero-order valence-electron chi connectivity index (χ0n) is 14.4. The highest BCUT2D eigenvalue weighted by atomic mass is 32.1. The van der Waals surface area contributed by atoms with Crippen LogP contribution in [0.15, 0.2) is 29.6 Å². The highest BCUT2D eigenvalue weighted by molar-refractivity contribution is 7.09. The predicted molar refractivity (Wildman–Crippen MR) is 97.7 cm³/mol. The quantitative estimate of drug-likeness (QED) is 0.914. The first-order valence-corrected chi connectivity index (χ1v) is 9.72. The number of hydrogen-bond donors (Lipinski definition) is 1. The average Bonchev–Trinajstić information content (AvgIpc) is 3.22. The van der Waals surface area contributed by atoms with Crippen molar-refractivity contribution in [3.8, 4) is 5.75 Å². The van der Waals surface area contributed by atoms with Crippen LogP contribution in [0.4, 0.5) is 0 Å². The van der Waals surface area contributed by atoms with Crippen molar-refractivity contribution >= 4 is 17.2 Å². The number of carbonyl (C=O) groups is 1. The van der Waals surface area contributed by atoms with Gasteiger partial charge in [0.05, 0.1) is 16.7 Å². The molecule has 0 spiro atoms. The van der Waals surface area contributed by atoms with Gasteiger partial charge in [0.2, 0.25) is 5.91 Å². The summed E-state index contributed by atoms with van der Waals surface area (Å²) in [5.74, 6) is 1.15. The number of aryl methyl sites for hydroxylation is 1. The Balaban J connectivity index is 1.28. The van der Waals surface area contributed by atoms with Gasteiger partial charge in [-0.2, -0.15) is 0 Å². The summed E-state index contributed by atoms with van der Waals surface area (Å²) in [6, 6.07) is 7.93. The van der Waals surface area contributed by atoms with Crippen molar-refractivity contribution < 1.29 is 9.53 Å². The SMILES string of the molecule is Cc1nc(CN2CCC(C(=O)NC3COc4ccccc43)CC2)cs1. The summed E-state index contributed by atoms with van der Waals surface area (Å²) in [5, 5.41) is 6.42. The Kier molecular flexibility index (Phi) is 4.72. The molecule has 6 heteroatoms. The third kappa shape index (κ3) is 3.70. The predicted octanol–water partition coefficient (Wildman–Crippen LogP) is 2.91. The van der Waals surface area contributed by atoms with Crippen LogP contribution in [-0.4, -0.2) is 35.5 Å². The van der Waals surface area contributed by atoms with E-state index in [-0.39, 0.29) is 17.9 Å². The monoisotopic (exact) mass is 357 g/mol. The smallest absolute Gasteiger partial charge is 0.223 e. The maximum atomic E-state index is 12.6. The van der Waals surface area contributed by atoms with Gasteiger partial charge in [-0.25, -0.2) is 4.98 Å².